The van der Waals surface area contributed by atoms with E-state index in [1.54, 1.807) is 76.2 Å². The van der Waals surface area contributed by atoms with Gasteiger partial charge in [0.15, 0.2) is 17.3 Å². The Kier molecular flexibility index (Phi) is 27.0. The van der Waals surface area contributed by atoms with Crippen LogP contribution in [0.25, 0.3) is 11.5 Å². The van der Waals surface area contributed by atoms with E-state index in [4.69, 9.17) is 10.2 Å². The number of carbonyl (C=O) groups excluding carboxylic acids is 4. The van der Waals surface area contributed by atoms with Crippen LogP contribution in [0.5, 0.6) is 0 Å². The van der Waals surface area contributed by atoms with Gasteiger partial charge in [-0.15, -0.1) is 0 Å². The normalized spacial score (nSPS) is 11.4. The first-order chi connectivity index (χ1) is 24.2. The average Bonchev–Trinajstić information content (AvgIpc) is 3.04. The first-order valence-corrected chi connectivity index (χ1v) is 17.7. The minimum atomic E-state index is -0.456. The summed E-state index contributed by atoms with van der Waals surface area (Å²) in [7, 11) is 0. The first kappa shape index (κ1) is 54.4. The molecule has 0 unspecified atom stereocenters. The SMILES string of the molecule is CC(C)(C)C(=O)/C=C(\O)c1ccccc1.CC(C)(C)C(=O)/C=C(\O)c1ccccc1.CC(C)(C)C(=O)CC(=O)c1ccccc1.CC(C)O.CC(C)O.[Ti]. The number of hydrogen-bond donors (Lipinski definition) is 4. The third-order valence-electron chi connectivity index (χ3n) is 6.41. The van der Waals surface area contributed by atoms with Crippen LogP contribution in [0.1, 0.15) is 118 Å². The summed E-state index contributed by atoms with van der Waals surface area (Å²) >= 11 is 0. The monoisotopic (exact) mass is 780 g/mol. The molecule has 0 heterocycles. The number of hydrogen-bond acceptors (Lipinski definition) is 8. The Morgan fingerprint density at radius 3 is 0.963 bits per heavy atom. The molecule has 3 aromatic carbocycles. The van der Waals surface area contributed by atoms with Gasteiger partial charge in [0.25, 0.3) is 0 Å². The maximum absolute atomic E-state index is 11.7. The molecule has 0 spiro atoms. The van der Waals surface area contributed by atoms with Gasteiger partial charge < -0.3 is 20.4 Å². The quantitative estimate of drug-likeness (QED) is 0.0609. The predicted octanol–water partition coefficient (Wildman–Crippen LogP) is 10.0. The second-order valence-electron chi connectivity index (χ2n) is 15.8. The molecule has 0 aliphatic heterocycles. The van der Waals surface area contributed by atoms with Gasteiger partial charge in [0, 0.05) is 79.0 Å². The van der Waals surface area contributed by atoms with Crippen molar-refractivity contribution in [2.45, 2.75) is 109 Å². The zero-order valence-corrected chi connectivity index (χ0v) is 36.2. The molecule has 0 radical (unpaired) electrons. The Morgan fingerprint density at radius 1 is 0.500 bits per heavy atom. The maximum Gasteiger partial charge on any atom is 0.170 e. The summed E-state index contributed by atoms with van der Waals surface area (Å²) in [5, 5.41) is 35.5. The Morgan fingerprint density at radius 2 is 0.741 bits per heavy atom. The smallest absolute Gasteiger partial charge is 0.170 e. The molecule has 0 aliphatic rings. The minimum Gasteiger partial charge on any atom is -0.507 e. The summed E-state index contributed by atoms with van der Waals surface area (Å²) in [6, 6.07) is 27.0. The molecule has 0 aliphatic carbocycles. The van der Waals surface area contributed by atoms with E-state index in [9.17, 15) is 29.4 Å². The van der Waals surface area contributed by atoms with Crippen LogP contribution in [0.2, 0.25) is 0 Å². The van der Waals surface area contributed by atoms with Crippen LogP contribution >= 0.6 is 0 Å². The van der Waals surface area contributed by atoms with Gasteiger partial charge >= 0.3 is 0 Å². The molecule has 4 N–H and O–H groups in total. The van der Waals surface area contributed by atoms with Gasteiger partial charge in [-0.05, 0) is 27.7 Å². The Bertz CT molecular complexity index is 1480. The number of benzene rings is 3. The molecular weight excluding hydrogens is 716 g/mol. The molecule has 296 valence electrons. The van der Waals surface area contributed by atoms with Crippen molar-refractivity contribution in [3.05, 3.63) is 120 Å². The van der Waals surface area contributed by atoms with Gasteiger partial charge in [-0.3, -0.25) is 19.2 Å². The fraction of sp³-hybridized carbons (Fsp3) is 0.422. The number of allylic oxidation sites excluding steroid dienone is 2. The van der Waals surface area contributed by atoms with Crippen molar-refractivity contribution in [3.8, 4) is 0 Å². The first-order valence-electron chi connectivity index (χ1n) is 17.7. The number of carbonyl (C=O) groups is 4. The van der Waals surface area contributed by atoms with Crippen molar-refractivity contribution in [1.29, 1.82) is 0 Å². The second kappa shape index (κ2) is 26.8. The van der Waals surface area contributed by atoms with Gasteiger partial charge in [0.2, 0.25) is 0 Å². The summed E-state index contributed by atoms with van der Waals surface area (Å²) in [6.45, 7) is 23.3. The van der Waals surface area contributed by atoms with Crippen molar-refractivity contribution in [1.82, 2.24) is 0 Å². The van der Waals surface area contributed by atoms with E-state index >= 15 is 0 Å². The van der Waals surface area contributed by atoms with Crippen LogP contribution in [0.3, 0.4) is 0 Å². The van der Waals surface area contributed by atoms with Crippen molar-refractivity contribution in [2.24, 2.45) is 16.2 Å². The van der Waals surface area contributed by atoms with Crippen molar-refractivity contribution < 1.29 is 61.3 Å². The summed E-state index contributed by atoms with van der Waals surface area (Å²) in [4.78, 5) is 46.5. The molecule has 9 heteroatoms. The molecule has 0 saturated carbocycles. The Hall–Kier alpha value is -3.95. The number of aliphatic hydroxyl groups is 4. The van der Waals surface area contributed by atoms with Gasteiger partial charge in [0.05, 0.1) is 6.42 Å². The van der Waals surface area contributed by atoms with E-state index in [-0.39, 0.29) is 75.0 Å². The van der Waals surface area contributed by atoms with E-state index in [1.807, 2.05) is 105 Å². The third-order valence-corrected chi connectivity index (χ3v) is 6.41. The summed E-state index contributed by atoms with van der Waals surface area (Å²) in [5.41, 5.74) is 0.580. The van der Waals surface area contributed by atoms with E-state index < -0.39 is 16.2 Å². The molecule has 0 atom stereocenters. The maximum atomic E-state index is 11.7. The van der Waals surface area contributed by atoms with Gasteiger partial charge in [0.1, 0.15) is 17.3 Å². The van der Waals surface area contributed by atoms with E-state index in [0.29, 0.717) is 16.7 Å². The minimum absolute atomic E-state index is 0. The molecule has 0 aromatic heterocycles. The second-order valence-corrected chi connectivity index (χ2v) is 15.8. The molecule has 0 bridgehead atoms. The van der Waals surface area contributed by atoms with E-state index in [1.165, 1.54) is 12.2 Å². The van der Waals surface area contributed by atoms with Crippen LogP contribution in [-0.2, 0) is 36.1 Å². The van der Waals surface area contributed by atoms with Crippen LogP contribution in [-0.4, -0.2) is 55.8 Å². The van der Waals surface area contributed by atoms with Crippen molar-refractivity contribution in [3.63, 3.8) is 0 Å². The third kappa shape index (κ3) is 27.6. The molecule has 3 aromatic rings. The Labute approximate surface area is 339 Å². The van der Waals surface area contributed by atoms with Crippen LogP contribution in [0.4, 0.5) is 0 Å². The van der Waals surface area contributed by atoms with Gasteiger partial charge in [-0.1, -0.05) is 153 Å². The largest absolute Gasteiger partial charge is 0.507 e. The molecular formula is C45H64O8Ti. The zero-order chi connectivity index (χ0) is 41.6. The fourth-order valence-corrected chi connectivity index (χ4v) is 3.20. The molecule has 3 rings (SSSR count). The number of aliphatic hydroxyl groups excluding tert-OH is 4. The molecule has 54 heavy (non-hydrogen) atoms. The molecule has 0 amide bonds. The zero-order valence-electron chi connectivity index (χ0n) is 34.6. The van der Waals surface area contributed by atoms with E-state index in [2.05, 4.69) is 0 Å². The summed E-state index contributed by atoms with van der Waals surface area (Å²) < 4.78 is 0. The Balaban J connectivity index is -0.000000650. The molecule has 0 saturated heterocycles. The average molecular weight is 781 g/mol. The number of Topliss-reactive ketones (excluding diaryl/α,β-unsaturated/α-hetero) is 2. The topological polar surface area (TPSA) is 149 Å². The van der Waals surface area contributed by atoms with Crippen LogP contribution in [0.15, 0.2) is 103 Å². The summed E-state index contributed by atoms with van der Waals surface area (Å²) in [6.07, 6.45) is 2.23. The van der Waals surface area contributed by atoms with Crippen molar-refractivity contribution in [2.75, 3.05) is 0 Å². The number of rotatable bonds is 7. The standard InChI is InChI=1S/3C13H16O2.2C3H8O.Ti/c3*1-13(2,3)12(15)9-11(14)10-7-5-4-6-8-10;2*1-3(2)4;/h4-8H,9H2,1-3H3;2*4-9,14H,1-3H3;2*3-4H,1-2H3;/b;2*11-9-;;;. The fourth-order valence-electron chi connectivity index (χ4n) is 3.20. The van der Waals surface area contributed by atoms with Crippen LogP contribution in [0, 0.1) is 16.2 Å². The van der Waals surface area contributed by atoms with Gasteiger partial charge in [-0.25, -0.2) is 0 Å². The molecule has 8 nitrogen and oxygen atoms in total. The van der Waals surface area contributed by atoms with E-state index in [0.717, 1.165) is 0 Å². The van der Waals surface area contributed by atoms with Crippen LogP contribution < -0.4 is 0 Å². The number of ketones is 4. The van der Waals surface area contributed by atoms with Crippen molar-refractivity contribution >= 4 is 34.7 Å². The summed E-state index contributed by atoms with van der Waals surface area (Å²) in [5.74, 6) is -0.231. The molecule has 0 fully saturated rings. The predicted molar refractivity (Wildman–Crippen MR) is 218 cm³/mol. The van der Waals surface area contributed by atoms with Gasteiger partial charge in [-0.2, -0.15) is 0 Å².